The van der Waals surface area contributed by atoms with Crippen LogP contribution in [0.25, 0.3) is 11.3 Å². The number of carbonyl (C=O) groups excluding carboxylic acids is 1. The van der Waals surface area contributed by atoms with Gasteiger partial charge in [0, 0.05) is 10.9 Å². The molecule has 0 aliphatic carbocycles. The number of rotatable bonds is 6. The van der Waals surface area contributed by atoms with Gasteiger partial charge >= 0.3 is 0 Å². The van der Waals surface area contributed by atoms with Gasteiger partial charge in [0.15, 0.2) is 5.13 Å². The fourth-order valence-electron chi connectivity index (χ4n) is 2.47. The minimum atomic E-state index is -0.188. The highest BCUT2D eigenvalue weighted by molar-refractivity contribution is 7.14. The maximum Gasteiger partial charge on any atom is 0.230 e. The van der Waals surface area contributed by atoms with E-state index in [1.165, 1.54) is 11.3 Å². The summed E-state index contributed by atoms with van der Waals surface area (Å²) in [7, 11) is 3.19. The molecular formula is C19H16Cl2N2O3S. The van der Waals surface area contributed by atoms with Gasteiger partial charge in [-0.25, -0.2) is 4.98 Å². The molecule has 1 heterocycles. The summed E-state index contributed by atoms with van der Waals surface area (Å²) < 4.78 is 10.6. The number of nitrogens with zero attached hydrogens (tertiary/aromatic N) is 1. The van der Waals surface area contributed by atoms with Crippen molar-refractivity contribution in [3.63, 3.8) is 0 Å². The summed E-state index contributed by atoms with van der Waals surface area (Å²) in [6, 6.07) is 10.6. The standard InChI is InChI=1S/C19H16Cl2N2O3S/c1-25-12-4-6-17(26-2)13(9-12)16-10-27-19(22-16)23-18(24)8-11-3-5-14(20)15(21)7-11/h3-7,9-10H,8H2,1-2H3,(H,22,23,24). The minimum Gasteiger partial charge on any atom is -0.497 e. The Kier molecular flexibility index (Phi) is 6.21. The zero-order chi connectivity index (χ0) is 19.4. The zero-order valence-corrected chi connectivity index (χ0v) is 16.9. The first kappa shape index (κ1) is 19.5. The number of anilines is 1. The lowest BCUT2D eigenvalue weighted by molar-refractivity contribution is -0.115. The van der Waals surface area contributed by atoms with E-state index in [1.807, 2.05) is 23.6 Å². The van der Waals surface area contributed by atoms with Crippen LogP contribution in [-0.4, -0.2) is 25.1 Å². The molecule has 0 spiro atoms. The molecule has 3 aromatic rings. The van der Waals surface area contributed by atoms with E-state index in [0.29, 0.717) is 32.4 Å². The van der Waals surface area contributed by atoms with Crippen molar-refractivity contribution in [2.75, 3.05) is 19.5 Å². The van der Waals surface area contributed by atoms with Crippen molar-refractivity contribution in [3.05, 3.63) is 57.4 Å². The van der Waals surface area contributed by atoms with Crippen molar-refractivity contribution in [2.45, 2.75) is 6.42 Å². The fourth-order valence-corrected chi connectivity index (χ4v) is 3.51. The van der Waals surface area contributed by atoms with Gasteiger partial charge in [-0.05, 0) is 35.9 Å². The first-order chi connectivity index (χ1) is 13.0. The highest BCUT2D eigenvalue weighted by atomic mass is 35.5. The Labute approximate surface area is 170 Å². The molecule has 0 fully saturated rings. The van der Waals surface area contributed by atoms with Crippen LogP contribution >= 0.6 is 34.5 Å². The Balaban J connectivity index is 1.74. The SMILES string of the molecule is COc1ccc(OC)c(-c2csc(NC(=O)Cc3ccc(Cl)c(Cl)c3)n2)c1. The number of carbonyl (C=O) groups is 1. The summed E-state index contributed by atoms with van der Waals surface area (Å²) >= 11 is 13.2. The number of nitrogens with one attached hydrogen (secondary N) is 1. The van der Waals surface area contributed by atoms with Crippen LogP contribution in [0.5, 0.6) is 11.5 Å². The summed E-state index contributed by atoms with van der Waals surface area (Å²) in [4.78, 5) is 16.8. The first-order valence-corrected chi connectivity index (χ1v) is 9.55. The summed E-state index contributed by atoms with van der Waals surface area (Å²) in [5, 5.41) is 6.03. The number of amides is 1. The van der Waals surface area contributed by atoms with Crippen molar-refractivity contribution in [2.24, 2.45) is 0 Å². The van der Waals surface area contributed by atoms with Gasteiger partial charge in [0.25, 0.3) is 0 Å². The third-order valence-electron chi connectivity index (χ3n) is 3.78. The van der Waals surface area contributed by atoms with Gasteiger partial charge < -0.3 is 14.8 Å². The minimum absolute atomic E-state index is 0.175. The third-order valence-corrected chi connectivity index (χ3v) is 5.28. The number of ether oxygens (including phenoxy) is 2. The zero-order valence-electron chi connectivity index (χ0n) is 14.6. The van der Waals surface area contributed by atoms with Crippen LogP contribution < -0.4 is 14.8 Å². The van der Waals surface area contributed by atoms with Crippen LogP contribution in [0.3, 0.4) is 0 Å². The molecule has 0 aliphatic heterocycles. The molecule has 8 heteroatoms. The van der Waals surface area contributed by atoms with Gasteiger partial charge in [-0.15, -0.1) is 11.3 Å². The van der Waals surface area contributed by atoms with E-state index in [-0.39, 0.29) is 12.3 Å². The fraction of sp³-hybridized carbons (Fsp3) is 0.158. The third kappa shape index (κ3) is 4.71. The Morgan fingerprint density at radius 1 is 1.11 bits per heavy atom. The number of hydrogen-bond acceptors (Lipinski definition) is 5. The van der Waals surface area contributed by atoms with Gasteiger partial charge in [-0.2, -0.15) is 0 Å². The van der Waals surface area contributed by atoms with E-state index in [2.05, 4.69) is 10.3 Å². The molecule has 0 atom stereocenters. The number of benzene rings is 2. The maximum absolute atomic E-state index is 12.3. The van der Waals surface area contributed by atoms with Gasteiger partial charge in [-0.1, -0.05) is 29.3 Å². The summed E-state index contributed by atoms with van der Waals surface area (Å²) in [6.45, 7) is 0. The van der Waals surface area contributed by atoms with Gasteiger partial charge in [0.05, 0.1) is 36.4 Å². The second-order valence-corrected chi connectivity index (χ2v) is 7.25. The average molecular weight is 423 g/mol. The molecule has 0 aliphatic rings. The topological polar surface area (TPSA) is 60.5 Å². The molecule has 0 unspecified atom stereocenters. The maximum atomic E-state index is 12.3. The van der Waals surface area contributed by atoms with E-state index < -0.39 is 0 Å². The summed E-state index contributed by atoms with van der Waals surface area (Å²) in [6.07, 6.45) is 0.175. The predicted octanol–water partition coefficient (Wildman–Crippen LogP) is 5.32. The van der Waals surface area contributed by atoms with Crippen molar-refractivity contribution >= 4 is 45.6 Å². The average Bonchev–Trinajstić information content (AvgIpc) is 3.12. The van der Waals surface area contributed by atoms with Crippen LogP contribution in [0, 0.1) is 0 Å². The molecule has 0 bridgehead atoms. The molecule has 2 aromatic carbocycles. The number of thiazole rings is 1. The van der Waals surface area contributed by atoms with Gasteiger partial charge in [-0.3, -0.25) is 4.79 Å². The molecule has 140 valence electrons. The predicted molar refractivity (Wildman–Crippen MR) is 109 cm³/mol. The van der Waals surface area contributed by atoms with Crippen LogP contribution in [0.1, 0.15) is 5.56 Å². The highest BCUT2D eigenvalue weighted by Crippen LogP contribution is 2.35. The van der Waals surface area contributed by atoms with E-state index in [0.717, 1.165) is 11.1 Å². The monoisotopic (exact) mass is 422 g/mol. The number of methoxy groups -OCH3 is 2. The lowest BCUT2D eigenvalue weighted by Crippen LogP contribution is -2.14. The van der Waals surface area contributed by atoms with Crippen molar-refractivity contribution < 1.29 is 14.3 Å². The van der Waals surface area contributed by atoms with Crippen LogP contribution in [-0.2, 0) is 11.2 Å². The summed E-state index contributed by atoms with van der Waals surface area (Å²) in [5.41, 5.74) is 2.26. The summed E-state index contributed by atoms with van der Waals surface area (Å²) in [5.74, 6) is 1.19. The van der Waals surface area contributed by atoms with Gasteiger partial charge in [0.2, 0.25) is 5.91 Å². The normalized spacial score (nSPS) is 10.5. The molecule has 1 amide bonds. The number of aromatic nitrogens is 1. The van der Waals surface area contributed by atoms with Crippen LogP contribution in [0.15, 0.2) is 41.8 Å². The smallest absolute Gasteiger partial charge is 0.230 e. The molecular weight excluding hydrogens is 407 g/mol. The molecule has 27 heavy (non-hydrogen) atoms. The van der Waals surface area contributed by atoms with Gasteiger partial charge in [0.1, 0.15) is 11.5 Å². The lowest BCUT2D eigenvalue weighted by Gasteiger charge is -2.08. The molecule has 1 N–H and O–H groups in total. The van der Waals surface area contributed by atoms with Crippen LogP contribution in [0.2, 0.25) is 10.0 Å². The van der Waals surface area contributed by atoms with E-state index in [4.69, 9.17) is 32.7 Å². The second kappa shape index (κ2) is 8.61. The number of halogens is 2. The van der Waals surface area contributed by atoms with Crippen molar-refractivity contribution in [3.8, 4) is 22.8 Å². The Morgan fingerprint density at radius 3 is 2.63 bits per heavy atom. The molecule has 0 radical (unpaired) electrons. The van der Waals surface area contributed by atoms with E-state index >= 15 is 0 Å². The van der Waals surface area contributed by atoms with E-state index in [9.17, 15) is 4.79 Å². The first-order valence-electron chi connectivity index (χ1n) is 7.92. The van der Waals surface area contributed by atoms with Crippen molar-refractivity contribution in [1.29, 1.82) is 0 Å². The molecule has 3 rings (SSSR count). The Hall–Kier alpha value is -2.28. The molecule has 0 saturated carbocycles. The van der Waals surface area contributed by atoms with E-state index in [1.54, 1.807) is 32.4 Å². The number of hydrogen-bond donors (Lipinski definition) is 1. The Morgan fingerprint density at radius 2 is 1.93 bits per heavy atom. The molecule has 0 saturated heterocycles. The van der Waals surface area contributed by atoms with Crippen molar-refractivity contribution in [1.82, 2.24) is 4.98 Å². The lowest BCUT2D eigenvalue weighted by atomic mass is 10.1. The highest BCUT2D eigenvalue weighted by Gasteiger charge is 2.13. The Bertz CT molecular complexity index is 975. The largest absolute Gasteiger partial charge is 0.497 e. The second-order valence-electron chi connectivity index (χ2n) is 5.58. The quantitative estimate of drug-likeness (QED) is 0.583. The van der Waals surface area contributed by atoms with Crippen LogP contribution in [0.4, 0.5) is 5.13 Å². The molecule has 5 nitrogen and oxygen atoms in total. The molecule has 1 aromatic heterocycles.